The van der Waals surface area contributed by atoms with Crippen LogP contribution >= 0.6 is 12.6 Å². The summed E-state index contributed by atoms with van der Waals surface area (Å²) in [7, 11) is 1.95. The molecule has 16 heavy (non-hydrogen) atoms. The lowest BCUT2D eigenvalue weighted by molar-refractivity contribution is 0.122. The van der Waals surface area contributed by atoms with Gasteiger partial charge in [-0.1, -0.05) is 18.2 Å². The van der Waals surface area contributed by atoms with Crippen LogP contribution in [0.3, 0.4) is 0 Å². The molecule has 0 radical (unpaired) electrons. The molecule has 0 aliphatic heterocycles. The molecular weight excluding hydrogens is 225 g/mol. The lowest BCUT2D eigenvalue weighted by Gasteiger charge is -2.16. The van der Waals surface area contributed by atoms with Crippen LogP contribution in [0, 0.1) is 5.82 Å². The number of thiol groups is 1. The standard InChI is InChI=1S/C12H18FNOS/c1-14(6-7-15-8-9-16)10-11-4-2-3-5-12(11)13/h2-5,16H,6-10H2,1H3. The number of halogens is 1. The van der Waals surface area contributed by atoms with Crippen LogP contribution in [0.15, 0.2) is 24.3 Å². The van der Waals surface area contributed by atoms with Crippen molar-refractivity contribution in [3.63, 3.8) is 0 Å². The molecule has 0 aliphatic rings. The van der Waals surface area contributed by atoms with Crippen LogP contribution in [0.4, 0.5) is 4.39 Å². The molecule has 0 aliphatic carbocycles. The van der Waals surface area contributed by atoms with Crippen LogP contribution in [-0.4, -0.2) is 37.5 Å². The van der Waals surface area contributed by atoms with Gasteiger partial charge < -0.3 is 4.74 Å². The van der Waals surface area contributed by atoms with E-state index in [9.17, 15) is 4.39 Å². The molecule has 0 N–H and O–H groups in total. The SMILES string of the molecule is CN(CCOCCS)Cc1ccccc1F. The molecule has 1 rings (SSSR count). The third-order valence-electron chi connectivity index (χ3n) is 2.25. The first-order valence-electron chi connectivity index (χ1n) is 5.34. The molecule has 0 atom stereocenters. The van der Waals surface area contributed by atoms with Crippen molar-refractivity contribution in [2.24, 2.45) is 0 Å². The summed E-state index contributed by atoms with van der Waals surface area (Å²) >= 11 is 4.05. The normalized spacial score (nSPS) is 11.0. The minimum Gasteiger partial charge on any atom is -0.379 e. The minimum atomic E-state index is -0.148. The number of benzene rings is 1. The van der Waals surface area contributed by atoms with Crippen molar-refractivity contribution in [2.45, 2.75) is 6.54 Å². The van der Waals surface area contributed by atoms with Crippen LogP contribution in [0.25, 0.3) is 0 Å². The molecule has 0 heterocycles. The van der Waals surface area contributed by atoms with Gasteiger partial charge in [0.25, 0.3) is 0 Å². The van der Waals surface area contributed by atoms with Crippen LogP contribution < -0.4 is 0 Å². The summed E-state index contributed by atoms with van der Waals surface area (Å²) in [5.41, 5.74) is 0.721. The molecule has 0 bridgehead atoms. The first-order chi connectivity index (χ1) is 7.74. The third-order valence-corrected chi connectivity index (χ3v) is 2.43. The van der Waals surface area contributed by atoms with E-state index in [4.69, 9.17) is 4.74 Å². The maximum atomic E-state index is 13.3. The average molecular weight is 243 g/mol. The fraction of sp³-hybridized carbons (Fsp3) is 0.500. The minimum absolute atomic E-state index is 0.148. The molecule has 0 amide bonds. The Morgan fingerprint density at radius 2 is 2.06 bits per heavy atom. The first kappa shape index (κ1) is 13.5. The zero-order valence-electron chi connectivity index (χ0n) is 9.53. The Labute approximate surface area is 102 Å². The molecule has 0 fully saturated rings. The Kier molecular flexibility index (Phi) is 6.45. The van der Waals surface area contributed by atoms with E-state index in [2.05, 4.69) is 12.6 Å². The molecule has 0 unspecified atom stereocenters. The number of hydrogen-bond acceptors (Lipinski definition) is 3. The molecule has 90 valence electrons. The summed E-state index contributed by atoms with van der Waals surface area (Å²) in [6.45, 7) is 2.72. The number of hydrogen-bond donors (Lipinski definition) is 1. The highest BCUT2D eigenvalue weighted by Gasteiger charge is 2.04. The van der Waals surface area contributed by atoms with E-state index in [-0.39, 0.29) is 5.82 Å². The Bertz CT molecular complexity index is 309. The van der Waals surface area contributed by atoms with Crippen LogP contribution in [0.5, 0.6) is 0 Å². The zero-order chi connectivity index (χ0) is 11.8. The largest absolute Gasteiger partial charge is 0.379 e. The fourth-order valence-electron chi connectivity index (χ4n) is 1.38. The monoisotopic (exact) mass is 243 g/mol. The summed E-state index contributed by atoms with van der Waals surface area (Å²) < 4.78 is 18.6. The summed E-state index contributed by atoms with van der Waals surface area (Å²) in [6.07, 6.45) is 0. The summed E-state index contributed by atoms with van der Waals surface area (Å²) in [6, 6.07) is 6.85. The second kappa shape index (κ2) is 7.65. The quantitative estimate of drug-likeness (QED) is 0.582. The van der Waals surface area contributed by atoms with E-state index >= 15 is 0 Å². The van der Waals surface area contributed by atoms with Gasteiger partial charge in [0.2, 0.25) is 0 Å². The van der Waals surface area contributed by atoms with Crippen molar-refractivity contribution in [1.29, 1.82) is 0 Å². The maximum absolute atomic E-state index is 13.3. The summed E-state index contributed by atoms with van der Waals surface area (Å²) in [5, 5.41) is 0. The number of likely N-dealkylation sites (N-methyl/N-ethyl adjacent to an activating group) is 1. The highest BCUT2D eigenvalue weighted by Crippen LogP contribution is 2.08. The molecule has 1 aromatic rings. The third kappa shape index (κ3) is 4.96. The summed E-state index contributed by atoms with van der Waals surface area (Å²) in [5.74, 6) is 0.586. The summed E-state index contributed by atoms with van der Waals surface area (Å²) in [4.78, 5) is 2.04. The number of nitrogens with zero attached hydrogens (tertiary/aromatic N) is 1. The number of rotatable bonds is 7. The lowest BCUT2D eigenvalue weighted by atomic mass is 10.2. The van der Waals surface area contributed by atoms with Crippen LogP contribution in [0.2, 0.25) is 0 Å². The van der Waals surface area contributed by atoms with E-state index in [1.54, 1.807) is 12.1 Å². The Balaban J connectivity index is 2.28. The fourth-order valence-corrected chi connectivity index (χ4v) is 1.51. The molecular formula is C12H18FNOS. The van der Waals surface area contributed by atoms with Gasteiger partial charge in [0.05, 0.1) is 13.2 Å². The molecule has 2 nitrogen and oxygen atoms in total. The Morgan fingerprint density at radius 3 is 2.75 bits per heavy atom. The zero-order valence-corrected chi connectivity index (χ0v) is 10.4. The van der Waals surface area contributed by atoms with Gasteiger partial charge in [0.15, 0.2) is 0 Å². The second-order valence-electron chi connectivity index (χ2n) is 3.67. The lowest BCUT2D eigenvalue weighted by Crippen LogP contribution is -2.23. The predicted octanol–water partition coefficient (Wildman–Crippen LogP) is 2.20. The van der Waals surface area contributed by atoms with E-state index in [0.29, 0.717) is 19.8 Å². The van der Waals surface area contributed by atoms with Crippen molar-refractivity contribution in [3.05, 3.63) is 35.6 Å². The van der Waals surface area contributed by atoms with Gasteiger partial charge >= 0.3 is 0 Å². The van der Waals surface area contributed by atoms with Gasteiger partial charge in [-0.3, -0.25) is 4.90 Å². The van der Waals surface area contributed by atoms with Gasteiger partial charge in [-0.25, -0.2) is 4.39 Å². The van der Waals surface area contributed by atoms with E-state index in [1.807, 2.05) is 18.0 Å². The average Bonchev–Trinajstić information content (AvgIpc) is 2.28. The maximum Gasteiger partial charge on any atom is 0.127 e. The van der Waals surface area contributed by atoms with Gasteiger partial charge in [0.1, 0.15) is 5.82 Å². The van der Waals surface area contributed by atoms with Gasteiger partial charge in [-0.05, 0) is 13.1 Å². The van der Waals surface area contributed by atoms with Gasteiger partial charge in [-0.15, -0.1) is 0 Å². The highest BCUT2D eigenvalue weighted by molar-refractivity contribution is 7.80. The van der Waals surface area contributed by atoms with Crippen molar-refractivity contribution >= 4 is 12.6 Å². The molecule has 1 aromatic carbocycles. The predicted molar refractivity (Wildman–Crippen MR) is 67.4 cm³/mol. The molecule has 4 heteroatoms. The Morgan fingerprint density at radius 1 is 1.31 bits per heavy atom. The van der Waals surface area contributed by atoms with Crippen molar-refractivity contribution in [1.82, 2.24) is 4.90 Å². The van der Waals surface area contributed by atoms with Crippen molar-refractivity contribution < 1.29 is 9.13 Å². The Hall–Kier alpha value is -0.580. The second-order valence-corrected chi connectivity index (χ2v) is 4.11. The smallest absolute Gasteiger partial charge is 0.127 e. The topological polar surface area (TPSA) is 12.5 Å². The highest BCUT2D eigenvalue weighted by atomic mass is 32.1. The van der Waals surface area contributed by atoms with Gasteiger partial charge in [-0.2, -0.15) is 12.6 Å². The van der Waals surface area contributed by atoms with Crippen LogP contribution in [0.1, 0.15) is 5.56 Å². The number of ether oxygens (including phenoxy) is 1. The van der Waals surface area contributed by atoms with E-state index in [1.165, 1.54) is 6.07 Å². The molecule has 0 saturated carbocycles. The van der Waals surface area contributed by atoms with E-state index < -0.39 is 0 Å². The van der Waals surface area contributed by atoms with Crippen molar-refractivity contribution in [3.8, 4) is 0 Å². The van der Waals surface area contributed by atoms with E-state index in [0.717, 1.165) is 17.9 Å². The van der Waals surface area contributed by atoms with Gasteiger partial charge in [0, 0.05) is 24.4 Å². The van der Waals surface area contributed by atoms with Crippen LogP contribution in [-0.2, 0) is 11.3 Å². The first-order valence-corrected chi connectivity index (χ1v) is 5.98. The molecule has 0 saturated heterocycles. The molecule has 0 aromatic heterocycles. The van der Waals surface area contributed by atoms with Crippen molar-refractivity contribution in [2.75, 3.05) is 32.6 Å². The molecule has 0 spiro atoms.